The van der Waals surface area contributed by atoms with Gasteiger partial charge in [0.05, 0.1) is 23.8 Å². The van der Waals surface area contributed by atoms with Crippen LogP contribution in [-0.2, 0) is 16.1 Å². The quantitative estimate of drug-likeness (QED) is 0.930. The van der Waals surface area contributed by atoms with E-state index in [1.807, 2.05) is 0 Å². The summed E-state index contributed by atoms with van der Waals surface area (Å²) in [4.78, 5) is 0. The van der Waals surface area contributed by atoms with Crippen LogP contribution in [0.15, 0.2) is 16.6 Å². The van der Waals surface area contributed by atoms with Gasteiger partial charge in [-0.05, 0) is 33.6 Å². The normalized spacial score (nSPS) is 20.5. The molecular weight excluding hydrogens is 289 g/mol. The van der Waals surface area contributed by atoms with Crippen LogP contribution in [0.4, 0.5) is 4.39 Å². The smallest absolute Gasteiger partial charge is 0.143 e. The highest BCUT2D eigenvalue weighted by molar-refractivity contribution is 9.10. The Morgan fingerprint density at radius 3 is 3.06 bits per heavy atom. The second-order valence-corrected chi connectivity index (χ2v) is 4.83. The van der Waals surface area contributed by atoms with E-state index < -0.39 is 0 Å². The van der Waals surface area contributed by atoms with E-state index in [-0.39, 0.29) is 11.9 Å². The van der Waals surface area contributed by atoms with Gasteiger partial charge in [-0.25, -0.2) is 4.39 Å². The number of benzene rings is 1. The minimum atomic E-state index is -0.251. The fourth-order valence-corrected chi connectivity index (χ4v) is 2.44. The van der Waals surface area contributed by atoms with Crippen LogP contribution >= 0.6 is 15.9 Å². The summed E-state index contributed by atoms with van der Waals surface area (Å²) in [7, 11) is 1.62. The first kappa shape index (κ1) is 13.0. The monoisotopic (exact) mass is 303 g/mol. The molecular formula is C12H15BrFNO2. The van der Waals surface area contributed by atoms with Crippen molar-refractivity contribution >= 4 is 15.9 Å². The average molecular weight is 304 g/mol. The van der Waals surface area contributed by atoms with Gasteiger partial charge in [0.25, 0.3) is 0 Å². The molecule has 1 fully saturated rings. The third kappa shape index (κ3) is 3.04. The topological polar surface area (TPSA) is 30.5 Å². The molecule has 0 bridgehead atoms. The molecule has 2 rings (SSSR count). The lowest BCUT2D eigenvalue weighted by Gasteiger charge is -2.25. The van der Waals surface area contributed by atoms with E-state index in [0.717, 1.165) is 12.1 Å². The Morgan fingerprint density at radius 2 is 2.41 bits per heavy atom. The number of halogens is 2. The lowest BCUT2D eigenvalue weighted by molar-refractivity contribution is 0.0253. The summed E-state index contributed by atoms with van der Waals surface area (Å²) in [6, 6.07) is 3.54. The van der Waals surface area contributed by atoms with Gasteiger partial charge in [-0.3, -0.25) is 0 Å². The molecule has 0 aliphatic carbocycles. The van der Waals surface area contributed by atoms with E-state index in [0.29, 0.717) is 29.8 Å². The zero-order valence-corrected chi connectivity index (χ0v) is 11.2. The van der Waals surface area contributed by atoms with Gasteiger partial charge >= 0.3 is 0 Å². The molecule has 1 heterocycles. The molecule has 0 saturated carbocycles. The molecule has 0 spiro atoms. The summed E-state index contributed by atoms with van der Waals surface area (Å²) in [5, 5.41) is 3.19. The van der Waals surface area contributed by atoms with Crippen LogP contribution in [0.3, 0.4) is 0 Å². The Morgan fingerprint density at radius 1 is 1.59 bits per heavy atom. The highest BCUT2D eigenvalue weighted by Crippen LogP contribution is 2.28. The molecule has 1 aromatic rings. The van der Waals surface area contributed by atoms with Crippen molar-refractivity contribution in [3.63, 3.8) is 0 Å². The number of nitrogens with one attached hydrogen (secondary N) is 1. The van der Waals surface area contributed by atoms with Gasteiger partial charge in [0, 0.05) is 25.8 Å². The lowest BCUT2D eigenvalue weighted by Crippen LogP contribution is -2.33. The molecule has 0 amide bonds. The summed E-state index contributed by atoms with van der Waals surface area (Å²) in [5.41, 5.74) is 1.52. The number of ether oxygens (including phenoxy) is 2. The van der Waals surface area contributed by atoms with Crippen molar-refractivity contribution in [3.8, 4) is 0 Å². The SMILES string of the molecule is COCc1cc(Br)c(F)c(C2CNCCO2)c1. The first-order chi connectivity index (χ1) is 8.22. The number of hydrogen-bond donors (Lipinski definition) is 1. The molecule has 1 aromatic carbocycles. The second-order valence-electron chi connectivity index (χ2n) is 3.98. The maximum Gasteiger partial charge on any atom is 0.143 e. The maximum atomic E-state index is 14.0. The Labute approximate surface area is 108 Å². The number of rotatable bonds is 3. The third-order valence-corrected chi connectivity index (χ3v) is 3.28. The van der Waals surface area contributed by atoms with Crippen LogP contribution in [0.1, 0.15) is 17.2 Å². The van der Waals surface area contributed by atoms with Gasteiger partial charge in [0.2, 0.25) is 0 Å². The molecule has 17 heavy (non-hydrogen) atoms. The van der Waals surface area contributed by atoms with Gasteiger partial charge in [0.1, 0.15) is 5.82 Å². The van der Waals surface area contributed by atoms with Crippen molar-refractivity contribution < 1.29 is 13.9 Å². The predicted molar refractivity (Wildman–Crippen MR) is 66.4 cm³/mol. The summed E-state index contributed by atoms with van der Waals surface area (Å²) < 4.78 is 25.1. The van der Waals surface area contributed by atoms with E-state index in [2.05, 4.69) is 21.2 Å². The molecule has 1 saturated heterocycles. The predicted octanol–water partition coefficient (Wildman–Crippen LogP) is 2.40. The molecule has 1 aliphatic rings. The van der Waals surface area contributed by atoms with Crippen LogP contribution in [0.2, 0.25) is 0 Å². The van der Waals surface area contributed by atoms with Crippen LogP contribution in [0, 0.1) is 5.82 Å². The first-order valence-corrected chi connectivity index (χ1v) is 6.30. The third-order valence-electron chi connectivity index (χ3n) is 2.70. The standard InChI is InChI=1S/C12H15BrFNO2/c1-16-7-8-4-9(12(14)10(13)5-8)11-6-15-2-3-17-11/h4-5,11,15H,2-3,6-7H2,1H3. The van der Waals surface area contributed by atoms with Gasteiger partial charge in [-0.2, -0.15) is 0 Å². The molecule has 94 valence electrons. The first-order valence-electron chi connectivity index (χ1n) is 5.51. The van der Waals surface area contributed by atoms with Crippen LogP contribution in [-0.4, -0.2) is 26.8 Å². The Bertz CT molecular complexity index is 394. The zero-order chi connectivity index (χ0) is 12.3. The molecule has 1 N–H and O–H groups in total. The van der Waals surface area contributed by atoms with E-state index >= 15 is 0 Å². The van der Waals surface area contributed by atoms with Crippen LogP contribution in [0.5, 0.6) is 0 Å². The minimum absolute atomic E-state index is 0.225. The van der Waals surface area contributed by atoms with E-state index in [9.17, 15) is 4.39 Å². The fraction of sp³-hybridized carbons (Fsp3) is 0.500. The molecule has 1 unspecified atom stereocenters. The van der Waals surface area contributed by atoms with Crippen molar-refractivity contribution in [1.82, 2.24) is 5.32 Å². The molecule has 3 nitrogen and oxygen atoms in total. The average Bonchev–Trinajstić information content (AvgIpc) is 2.35. The van der Waals surface area contributed by atoms with Crippen LogP contribution < -0.4 is 5.32 Å². The van der Waals surface area contributed by atoms with Crippen molar-refractivity contribution in [2.75, 3.05) is 26.8 Å². The van der Waals surface area contributed by atoms with Crippen molar-refractivity contribution in [2.24, 2.45) is 0 Å². The Hall–Kier alpha value is -0.490. The minimum Gasteiger partial charge on any atom is -0.380 e. The van der Waals surface area contributed by atoms with Crippen molar-refractivity contribution in [3.05, 3.63) is 33.5 Å². The largest absolute Gasteiger partial charge is 0.380 e. The summed E-state index contributed by atoms with van der Waals surface area (Å²) >= 11 is 3.23. The fourth-order valence-electron chi connectivity index (χ4n) is 1.92. The molecule has 1 aliphatic heterocycles. The van der Waals surface area contributed by atoms with E-state index in [4.69, 9.17) is 9.47 Å². The van der Waals surface area contributed by atoms with Gasteiger partial charge < -0.3 is 14.8 Å². The Kier molecular flexibility index (Phi) is 4.50. The second kappa shape index (κ2) is 5.91. The molecule has 1 atom stereocenters. The summed E-state index contributed by atoms with van der Waals surface area (Å²) in [6.45, 7) is 2.53. The highest BCUT2D eigenvalue weighted by Gasteiger charge is 2.21. The van der Waals surface area contributed by atoms with Crippen LogP contribution in [0.25, 0.3) is 0 Å². The van der Waals surface area contributed by atoms with E-state index in [1.165, 1.54) is 0 Å². The van der Waals surface area contributed by atoms with Crippen molar-refractivity contribution in [1.29, 1.82) is 0 Å². The number of morpholine rings is 1. The lowest BCUT2D eigenvalue weighted by atomic mass is 10.0. The zero-order valence-electron chi connectivity index (χ0n) is 9.63. The molecule has 0 radical (unpaired) electrons. The maximum absolute atomic E-state index is 14.0. The number of methoxy groups -OCH3 is 1. The molecule has 0 aromatic heterocycles. The van der Waals surface area contributed by atoms with Gasteiger partial charge in [0.15, 0.2) is 0 Å². The summed E-state index contributed by atoms with van der Waals surface area (Å²) in [6.07, 6.45) is -0.225. The van der Waals surface area contributed by atoms with Crippen molar-refractivity contribution in [2.45, 2.75) is 12.7 Å². The number of hydrogen-bond acceptors (Lipinski definition) is 3. The summed E-state index contributed by atoms with van der Waals surface area (Å²) in [5.74, 6) is -0.251. The van der Waals surface area contributed by atoms with E-state index in [1.54, 1.807) is 19.2 Å². The molecule has 5 heteroatoms. The van der Waals surface area contributed by atoms with Gasteiger partial charge in [-0.1, -0.05) is 0 Å². The Balaban J connectivity index is 2.29. The van der Waals surface area contributed by atoms with Gasteiger partial charge in [-0.15, -0.1) is 0 Å². The highest BCUT2D eigenvalue weighted by atomic mass is 79.9.